The molecule has 0 bridgehead atoms. The number of halogens is 2. The third-order valence-corrected chi connectivity index (χ3v) is 2.74. The standard InChI is InChI=1S/C15H14F2N2O4/c16-10-3-4-13(12(17)6-10)23-9-15(21)19-8-14(20)18-7-11-2-1-5-22-11/h1-6H,7-9H2,(H,18,20)(H,19,21). The van der Waals surface area contributed by atoms with Crippen molar-refractivity contribution in [3.8, 4) is 5.75 Å². The van der Waals surface area contributed by atoms with Crippen LogP contribution in [0.3, 0.4) is 0 Å². The molecule has 6 nitrogen and oxygen atoms in total. The maximum absolute atomic E-state index is 13.3. The number of carbonyl (C=O) groups excluding carboxylic acids is 2. The Morgan fingerprint density at radius 2 is 1.96 bits per heavy atom. The van der Waals surface area contributed by atoms with Gasteiger partial charge in [0.15, 0.2) is 18.2 Å². The predicted molar refractivity (Wildman–Crippen MR) is 75.4 cm³/mol. The van der Waals surface area contributed by atoms with E-state index in [-0.39, 0.29) is 18.8 Å². The molecule has 0 aliphatic heterocycles. The molecule has 122 valence electrons. The molecule has 8 heteroatoms. The van der Waals surface area contributed by atoms with Crippen LogP contribution >= 0.6 is 0 Å². The topological polar surface area (TPSA) is 80.6 Å². The molecule has 0 unspecified atom stereocenters. The minimum atomic E-state index is -0.908. The maximum Gasteiger partial charge on any atom is 0.258 e. The summed E-state index contributed by atoms with van der Waals surface area (Å²) in [5.74, 6) is -2.34. The molecule has 0 spiro atoms. The highest BCUT2D eigenvalue weighted by Gasteiger charge is 2.09. The molecule has 0 fully saturated rings. The van der Waals surface area contributed by atoms with Crippen LogP contribution in [-0.2, 0) is 16.1 Å². The monoisotopic (exact) mass is 324 g/mol. The summed E-state index contributed by atoms with van der Waals surface area (Å²) in [5, 5.41) is 4.85. The lowest BCUT2D eigenvalue weighted by Crippen LogP contribution is -2.38. The highest BCUT2D eigenvalue weighted by molar-refractivity contribution is 5.85. The molecule has 0 aliphatic carbocycles. The SMILES string of the molecule is O=C(CNC(=O)COc1ccc(F)cc1F)NCc1ccco1. The van der Waals surface area contributed by atoms with Crippen LogP contribution in [0.5, 0.6) is 5.75 Å². The van der Waals surface area contributed by atoms with Crippen molar-refractivity contribution in [3.05, 3.63) is 54.0 Å². The van der Waals surface area contributed by atoms with Crippen LogP contribution in [-0.4, -0.2) is 25.0 Å². The first kappa shape index (κ1) is 16.5. The summed E-state index contributed by atoms with van der Waals surface area (Å²) in [6, 6.07) is 6.13. The number of benzene rings is 1. The van der Waals surface area contributed by atoms with Crippen molar-refractivity contribution < 1.29 is 27.5 Å². The average molecular weight is 324 g/mol. The third-order valence-electron chi connectivity index (χ3n) is 2.74. The van der Waals surface area contributed by atoms with Gasteiger partial charge in [-0.05, 0) is 24.3 Å². The summed E-state index contributed by atoms with van der Waals surface area (Å²) in [4.78, 5) is 23.0. The van der Waals surface area contributed by atoms with E-state index < -0.39 is 30.1 Å². The molecule has 23 heavy (non-hydrogen) atoms. The van der Waals surface area contributed by atoms with E-state index >= 15 is 0 Å². The lowest BCUT2D eigenvalue weighted by Gasteiger charge is -2.08. The molecule has 1 aromatic heterocycles. The minimum absolute atomic E-state index is 0.207. The molecule has 2 amide bonds. The summed E-state index contributed by atoms with van der Waals surface area (Å²) in [6.07, 6.45) is 1.48. The molecule has 2 rings (SSSR count). The van der Waals surface area contributed by atoms with E-state index in [1.165, 1.54) is 6.26 Å². The van der Waals surface area contributed by atoms with Crippen molar-refractivity contribution in [2.75, 3.05) is 13.2 Å². The van der Waals surface area contributed by atoms with E-state index in [9.17, 15) is 18.4 Å². The van der Waals surface area contributed by atoms with E-state index in [2.05, 4.69) is 10.6 Å². The molecule has 0 atom stereocenters. The van der Waals surface area contributed by atoms with Crippen LogP contribution in [0.25, 0.3) is 0 Å². The Labute approximate surface area is 130 Å². The summed E-state index contributed by atoms with van der Waals surface area (Å²) in [5.41, 5.74) is 0. The normalized spacial score (nSPS) is 10.2. The van der Waals surface area contributed by atoms with Gasteiger partial charge in [-0.15, -0.1) is 0 Å². The molecule has 1 heterocycles. The fraction of sp³-hybridized carbons (Fsp3) is 0.200. The lowest BCUT2D eigenvalue weighted by molar-refractivity contribution is -0.127. The third kappa shape index (κ3) is 5.42. The fourth-order valence-corrected chi connectivity index (χ4v) is 1.63. The zero-order chi connectivity index (χ0) is 16.7. The summed E-state index contributed by atoms with van der Waals surface area (Å²) in [6.45, 7) is -0.540. The predicted octanol–water partition coefficient (Wildman–Crippen LogP) is 1.37. The van der Waals surface area contributed by atoms with Gasteiger partial charge in [0, 0.05) is 6.07 Å². The van der Waals surface area contributed by atoms with Gasteiger partial charge in [-0.2, -0.15) is 0 Å². The van der Waals surface area contributed by atoms with Crippen molar-refractivity contribution in [2.24, 2.45) is 0 Å². The Morgan fingerprint density at radius 3 is 2.65 bits per heavy atom. The molecule has 0 radical (unpaired) electrons. The van der Waals surface area contributed by atoms with Crippen molar-refractivity contribution in [3.63, 3.8) is 0 Å². The summed E-state index contributed by atoms with van der Waals surface area (Å²) >= 11 is 0. The Balaban J connectivity index is 1.67. The van der Waals surface area contributed by atoms with Crippen molar-refractivity contribution >= 4 is 11.8 Å². The number of amides is 2. The van der Waals surface area contributed by atoms with Crippen molar-refractivity contribution in [2.45, 2.75) is 6.54 Å². The number of hydrogen-bond donors (Lipinski definition) is 2. The number of nitrogens with one attached hydrogen (secondary N) is 2. The van der Waals surface area contributed by atoms with E-state index in [1.807, 2.05) is 0 Å². The first-order valence-electron chi connectivity index (χ1n) is 6.68. The van der Waals surface area contributed by atoms with E-state index in [0.717, 1.165) is 12.1 Å². The molecular formula is C15H14F2N2O4. The second-order valence-electron chi connectivity index (χ2n) is 4.50. The number of furan rings is 1. The summed E-state index contributed by atoms with van der Waals surface area (Å²) in [7, 11) is 0. The van der Waals surface area contributed by atoms with E-state index in [4.69, 9.17) is 9.15 Å². The van der Waals surface area contributed by atoms with Gasteiger partial charge >= 0.3 is 0 Å². The van der Waals surface area contributed by atoms with E-state index in [1.54, 1.807) is 12.1 Å². The molecule has 2 N–H and O–H groups in total. The molecule has 0 saturated heterocycles. The van der Waals surface area contributed by atoms with Gasteiger partial charge in [-0.1, -0.05) is 0 Å². The Morgan fingerprint density at radius 1 is 1.13 bits per heavy atom. The van der Waals surface area contributed by atoms with Crippen LogP contribution in [0.15, 0.2) is 41.0 Å². The molecule has 0 saturated carbocycles. The Kier molecular flexibility index (Phi) is 5.67. The van der Waals surface area contributed by atoms with Gasteiger partial charge in [0.05, 0.1) is 19.4 Å². The zero-order valence-electron chi connectivity index (χ0n) is 12.0. The van der Waals surface area contributed by atoms with Gasteiger partial charge in [-0.3, -0.25) is 9.59 Å². The van der Waals surface area contributed by atoms with Crippen LogP contribution in [0.4, 0.5) is 8.78 Å². The Bertz CT molecular complexity index is 674. The van der Waals surface area contributed by atoms with Crippen LogP contribution < -0.4 is 15.4 Å². The van der Waals surface area contributed by atoms with Crippen LogP contribution in [0.1, 0.15) is 5.76 Å². The highest BCUT2D eigenvalue weighted by atomic mass is 19.1. The quantitative estimate of drug-likeness (QED) is 0.806. The smallest absolute Gasteiger partial charge is 0.258 e. The molecule has 2 aromatic rings. The Hall–Kier alpha value is -2.90. The number of hydrogen-bond acceptors (Lipinski definition) is 4. The first-order valence-corrected chi connectivity index (χ1v) is 6.68. The lowest BCUT2D eigenvalue weighted by atomic mass is 10.3. The maximum atomic E-state index is 13.3. The molecule has 0 aliphatic rings. The highest BCUT2D eigenvalue weighted by Crippen LogP contribution is 2.17. The number of ether oxygens (including phenoxy) is 1. The zero-order valence-corrected chi connectivity index (χ0v) is 12.0. The second-order valence-corrected chi connectivity index (χ2v) is 4.50. The van der Waals surface area contributed by atoms with Crippen molar-refractivity contribution in [1.29, 1.82) is 0 Å². The van der Waals surface area contributed by atoms with Gasteiger partial charge in [0.25, 0.3) is 5.91 Å². The van der Waals surface area contributed by atoms with Crippen LogP contribution in [0.2, 0.25) is 0 Å². The summed E-state index contributed by atoms with van der Waals surface area (Å²) < 4.78 is 35.9. The van der Waals surface area contributed by atoms with Crippen LogP contribution in [0, 0.1) is 11.6 Å². The largest absolute Gasteiger partial charge is 0.481 e. The van der Waals surface area contributed by atoms with Gasteiger partial charge in [0.1, 0.15) is 11.6 Å². The molecular weight excluding hydrogens is 310 g/mol. The van der Waals surface area contributed by atoms with Gasteiger partial charge in [-0.25, -0.2) is 8.78 Å². The first-order chi connectivity index (χ1) is 11.0. The van der Waals surface area contributed by atoms with Gasteiger partial charge < -0.3 is 19.8 Å². The van der Waals surface area contributed by atoms with E-state index in [0.29, 0.717) is 11.8 Å². The number of carbonyl (C=O) groups is 2. The fourth-order valence-electron chi connectivity index (χ4n) is 1.63. The van der Waals surface area contributed by atoms with Crippen molar-refractivity contribution in [1.82, 2.24) is 10.6 Å². The number of rotatable bonds is 7. The molecule has 1 aromatic carbocycles. The average Bonchev–Trinajstić information content (AvgIpc) is 3.03. The van der Waals surface area contributed by atoms with Gasteiger partial charge in [0.2, 0.25) is 5.91 Å². The minimum Gasteiger partial charge on any atom is -0.481 e. The second kappa shape index (κ2) is 7.92.